The molecule has 1 saturated heterocycles. The normalized spacial score (nSPS) is 22.6. The first-order valence-electron chi connectivity index (χ1n) is 6.05. The van der Waals surface area contributed by atoms with E-state index in [0.717, 1.165) is 0 Å². The van der Waals surface area contributed by atoms with Crippen LogP contribution in [0, 0.1) is 0 Å². The number of piperidine rings is 1. The minimum absolute atomic E-state index is 0.0271. The lowest BCUT2D eigenvalue weighted by molar-refractivity contribution is -0.190. The maximum absolute atomic E-state index is 12.9. The van der Waals surface area contributed by atoms with Crippen molar-refractivity contribution in [3.63, 3.8) is 0 Å². The van der Waals surface area contributed by atoms with Crippen molar-refractivity contribution in [3.05, 3.63) is 0 Å². The molecule has 1 aliphatic heterocycles. The van der Waals surface area contributed by atoms with E-state index in [-0.39, 0.29) is 11.9 Å². The first-order chi connectivity index (χ1) is 8.21. The second kappa shape index (κ2) is 5.88. The van der Waals surface area contributed by atoms with Crippen LogP contribution < -0.4 is 11.1 Å². The number of halogens is 3. The molecule has 3 N–H and O–H groups in total. The summed E-state index contributed by atoms with van der Waals surface area (Å²) in [5.74, 6) is -0.145. The Labute approximate surface area is 105 Å². The van der Waals surface area contributed by atoms with Crippen molar-refractivity contribution in [2.24, 2.45) is 5.73 Å². The van der Waals surface area contributed by atoms with Crippen molar-refractivity contribution in [2.75, 3.05) is 13.1 Å². The quantitative estimate of drug-likeness (QED) is 0.797. The highest BCUT2D eigenvalue weighted by Gasteiger charge is 2.46. The van der Waals surface area contributed by atoms with Crippen molar-refractivity contribution in [1.29, 1.82) is 0 Å². The number of carbonyl (C=O) groups is 1. The Morgan fingerprint density at radius 1 is 1.39 bits per heavy atom. The Hall–Kier alpha value is -0.820. The van der Waals surface area contributed by atoms with Crippen LogP contribution >= 0.6 is 0 Å². The van der Waals surface area contributed by atoms with Gasteiger partial charge < -0.3 is 11.1 Å². The molecule has 0 aromatic rings. The van der Waals surface area contributed by atoms with Crippen LogP contribution in [0.4, 0.5) is 13.2 Å². The number of amides is 1. The van der Waals surface area contributed by atoms with Crippen molar-refractivity contribution in [3.8, 4) is 0 Å². The number of likely N-dealkylation sites (tertiary alicyclic amines) is 1. The highest BCUT2D eigenvalue weighted by atomic mass is 19.4. The molecule has 0 aromatic heterocycles. The topological polar surface area (TPSA) is 58.4 Å². The summed E-state index contributed by atoms with van der Waals surface area (Å²) in [6.07, 6.45) is -3.26. The van der Waals surface area contributed by atoms with Crippen molar-refractivity contribution >= 4 is 5.91 Å². The number of hydrogen-bond acceptors (Lipinski definition) is 3. The van der Waals surface area contributed by atoms with E-state index in [9.17, 15) is 18.0 Å². The highest BCUT2D eigenvalue weighted by molar-refractivity contribution is 5.73. The van der Waals surface area contributed by atoms with Gasteiger partial charge in [0.15, 0.2) is 0 Å². The van der Waals surface area contributed by atoms with Gasteiger partial charge in [-0.2, -0.15) is 13.2 Å². The fraction of sp³-hybridized carbons (Fsp3) is 0.909. The van der Waals surface area contributed by atoms with Crippen LogP contribution in [0.15, 0.2) is 0 Å². The zero-order chi connectivity index (χ0) is 13.9. The Morgan fingerprint density at radius 2 is 1.89 bits per heavy atom. The van der Waals surface area contributed by atoms with Crippen LogP contribution in [0.2, 0.25) is 0 Å². The molecule has 0 spiro atoms. The van der Waals surface area contributed by atoms with Gasteiger partial charge in [0.25, 0.3) is 0 Å². The van der Waals surface area contributed by atoms with Crippen LogP contribution in [-0.4, -0.2) is 48.2 Å². The number of nitrogens with zero attached hydrogens (tertiary/aromatic N) is 1. The van der Waals surface area contributed by atoms with Gasteiger partial charge in [-0.15, -0.1) is 0 Å². The first kappa shape index (κ1) is 15.2. The summed E-state index contributed by atoms with van der Waals surface area (Å²) < 4.78 is 38.6. The van der Waals surface area contributed by atoms with Gasteiger partial charge in [-0.3, -0.25) is 9.69 Å². The Balaban J connectivity index is 2.57. The van der Waals surface area contributed by atoms with Crippen molar-refractivity contribution < 1.29 is 18.0 Å². The molecule has 0 radical (unpaired) electrons. The molecule has 18 heavy (non-hydrogen) atoms. The van der Waals surface area contributed by atoms with E-state index < -0.39 is 18.3 Å². The molecule has 106 valence electrons. The van der Waals surface area contributed by atoms with Gasteiger partial charge in [-0.05, 0) is 19.8 Å². The van der Waals surface area contributed by atoms with E-state index in [1.54, 1.807) is 0 Å². The fourth-order valence-electron chi connectivity index (χ4n) is 2.45. The molecule has 0 aromatic carbocycles. The van der Waals surface area contributed by atoms with E-state index in [0.29, 0.717) is 25.9 Å². The smallest absolute Gasteiger partial charge is 0.354 e. The molecule has 2 unspecified atom stereocenters. The summed E-state index contributed by atoms with van der Waals surface area (Å²) in [5, 5.41) is 2.73. The molecular weight excluding hydrogens is 247 g/mol. The number of nitrogens with two attached hydrogens (primary N) is 1. The maximum Gasteiger partial charge on any atom is 0.405 e. The zero-order valence-electron chi connectivity index (χ0n) is 10.6. The van der Waals surface area contributed by atoms with Crippen molar-refractivity contribution in [2.45, 2.75) is 51.0 Å². The second-order valence-electron chi connectivity index (χ2n) is 4.86. The number of rotatable bonds is 3. The van der Waals surface area contributed by atoms with Crippen LogP contribution in [-0.2, 0) is 4.79 Å². The van der Waals surface area contributed by atoms with Gasteiger partial charge >= 0.3 is 6.18 Å². The SMILES string of the molecule is CC(=O)NC1CCN(C(C(C)N)C(F)(F)F)CC1. The van der Waals surface area contributed by atoms with Gasteiger partial charge in [0.05, 0.1) is 0 Å². The van der Waals surface area contributed by atoms with Gasteiger partial charge in [0.2, 0.25) is 5.91 Å². The summed E-state index contributed by atoms with van der Waals surface area (Å²) in [6.45, 7) is 3.39. The lowest BCUT2D eigenvalue weighted by atomic mass is 10.00. The second-order valence-corrected chi connectivity index (χ2v) is 4.86. The van der Waals surface area contributed by atoms with Gasteiger partial charge in [0.1, 0.15) is 6.04 Å². The van der Waals surface area contributed by atoms with E-state index >= 15 is 0 Å². The third-order valence-electron chi connectivity index (χ3n) is 3.16. The van der Waals surface area contributed by atoms with Crippen LogP contribution in [0.3, 0.4) is 0 Å². The monoisotopic (exact) mass is 267 g/mol. The van der Waals surface area contributed by atoms with Crippen LogP contribution in [0.5, 0.6) is 0 Å². The largest absolute Gasteiger partial charge is 0.405 e. The van der Waals surface area contributed by atoms with Gasteiger partial charge in [-0.1, -0.05) is 0 Å². The minimum atomic E-state index is -4.31. The molecular formula is C11H20F3N3O. The van der Waals surface area contributed by atoms with E-state index in [2.05, 4.69) is 5.32 Å². The fourth-order valence-corrected chi connectivity index (χ4v) is 2.45. The van der Waals surface area contributed by atoms with Gasteiger partial charge in [0, 0.05) is 32.1 Å². The van der Waals surface area contributed by atoms with E-state index in [4.69, 9.17) is 5.73 Å². The summed E-state index contributed by atoms with van der Waals surface area (Å²) >= 11 is 0. The van der Waals surface area contributed by atoms with E-state index in [1.165, 1.54) is 18.7 Å². The highest BCUT2D eigenvalue weighted by Crippen LogP contribution is 2.28. The average Bonchev–Trinajstić information content (AvgIpc) is 2.17. The Kier molecular flexibility index (Phi) is 4.98. The van der Waals surface area contributed by atoms with Crippen LogP contribution in [0.1, 0.15) is 26.7 Å². The molecule has 0 saturated carbocycles. The predicted octanol–water partition coefficient (Wildman–Crippen LogP) is 0.865. The first-order valence-corrected chi connectivity index (χ1v) is 6.05. The van der Waals surface area contributed by atoms with Crippen LogP contribution in [0.25, 0.3) is 0 Å². The summed E-state index contributed by atoms with van der Waals surface area (Å²) in [5.41, 5.74) is 5.44. The third kappa shape index (κ3) is 4.13. The zero-order valence-corrected chi connectivity index (χ0v) is 10.6. The molecule has 1 rings (SSSR count). The van der Waals surface area contributed by atoms with E-state index in [1.807, 2.05) is 0 Å². The molecule has 0 aliphatic carbocycles. The number of carbonyl (C=O) groups excluding carboxylic acids is 1. The molecule has 1 fully saturated rings. The molecule has 4 nitrogen and oxygen atoms in total. The summed E-state index contributed by atoms with van der Waals surface area (Å²) in [6, 6.07) is -2.58. The standard InChI is InChI=1S/C11H20F3N3O/c1-7(15)10(11(12,13)14)17-5-3-9(4-6-17)16-8(2)18/h7,9-10H,3-6,15H2,1-2H3,(H,16,18). The summed E-state index contributed by atoms with van der Waals surface area (Å²) in [7, 11) is 0. The minimum Gasteiger partial charge on any atom is -0.354 e. The third-order valence-corrected chi connectivity index (χ3v) is 3.16. The molecule has 1 amide bonds. The molecule has 7 heteroatoms. The summed E-state index contributed by atoms with van der Waals surface area (Å²) in [4.78, 5) is 12.2. The molecule has 2 atom stereocenters. The lowest BCUT2D eigenvalue weighted by Gasteiger charge is -2.40. The van der Waals surface area contributed by atoms with Crippen molar-refractivity contribution in [1.82, 2.24) is 10.2 Å². The number of nitrogens with one attached hydrogen (secondary N) is 1. The molecule has 1 heterocycles. The lowest BCUT2D eigenvalue weighted by Crippen LogP contribution is -2.58. The average molecular weight is 267 g/mol. The Morgan fingerprint density at radius 3 is 2.22 bits per heavy atom. The Bertz CT molecular complexity index is 286. The van der Waals surface area contributed by atoms with Gasteiger partial charge in [-0.25, -0.2) is 0 Å². The molecule has 1 aliphatic rings. The predicted molar refractivity (Wildman–Crippen MR) is 61.9 cm³/mol. The maximum atomic E-state index is 12.9. The number of alkyl halides is 3. The molecule has 0 bridgehead atoms. The number of hydrogen-bond donors (Lipinski definition) is 2.